The predicted octanol–water partition coefficient (Wildman–Crippen LogP) is 0.258. The molecule has 1 aliphatic rings. The average Bonchev–Trinajstić information content (AvgIpc) is 2.14. The molecule has 0 aromatic carbocycles. The lowest BCUT2D eigenvalue weighted by Crippen LogP contribution is -1.99. The van der Waals surface area contributed by atoms with Crippen LogP contribution in [-0.2, 0) is 0 Å². The van der Waals surface area contributed by atoms with Gasteiger partial charge in [-0.2, -0.15) is 5.26 Å². The van der Waals surface area contributed by atoms with E-state index in [2.05, 4.69) is 11.4 Å². The summed E-state index contributed by atoms with van der Waals surface area (Å²) in [7, 11) is 0. The molecule has 0 saturated heterocycles. The number of hydrogen-bond donors (Lipinski definition) is 0. The molecule has 2 heteroatoms. The molecule has 0 aromatic rings. The molecule has 1 radical (unpaired) electrons. The quantitative estimate of drug-likeness (QED) is 0.423. The van der Waals surface area contributed by atoms with Crippen molar-refractivity contribution in [1.29, 1.82) is 5.26 Å². The van der Waals surface area contributed by atoms with Gasteiger partial charge in [-0.1, -0.05) is 0 Å². The second-order valence-corrected chi connectivity index (χ2v) is 1.44. The molecule has 0 amide bonds. The van der Waals surface area contributed by atoms with Gasteiger partial charge in [0.15, 0.2) is 0 Å². The first-order valence-corrected chi connectivity index (χ1v) is 2.16. The normalized spacial score (nSPS) is 26.4. The zero-order valence-corrected chi connectivity index (χ0v) is 3.83. The van der Waals surface area contributed by atoms with Gasteiger partial charge >= 0.3 is 0 Å². The highest BCUT2D eigenvalue weighted by Gasteiger charge is 2.05. The summed E-state index contributed by atoms with van der Waals surface area (Å²) in [6, 6.07) is 2.08. The second-order valence-electron chi connectivity index (χ2n) is 1.44. The van der Waals surface area contributed by atoms with Gasteiger partial charge in [0, 0.05) is 6.20 Å². The van der Waals surface area contributed by atoms with Crippen molar-refractivity contribution in [2.45, 2.75) is 0 Å². The lowest BCUT2D eigenvalue weighted by molar-refractivity contribution is 0.790. The maximum Gasteiger partial charge on any atom is 0.0856 e. The summed E-state index contributed by atoms with van der Waals surface area (Å²) in [5.41, 5.74) is 0. The Morgan fingerprint density at radius 3 is 3.00 bits per heavy atom. The van der Waals surface area contributed by atoms with Crippen LogP contribution in [0.25, 0.3) is 0 Å². The van der Waals surface area contributed by atoms with Crippen molar-refractivity contribution in [2.24, 2.45) is 5.92 Å². The van der Waals surface area contributed by atoms with E-state index in [0.29, 0.717) is 6.54 Å². The molecule has 7 heavy (non-hydrogen) atoms. The lowest BCUT2D eigenvalue weighted by atomic mass is 10.2. The number of rotatable bonds is 0. The Bertz CT molecular complexity index is 121. The number of nitriles is 1. The van der Waals surface area contributed by atoms with Crippen LogP contribution >= 0.6 is 0 Å². The monoisotopic (exact) mass is 93.0 g/mol. The molecule has 0 N–H and O–H groups in total. The van der Waals surface area contributed by atoms with E-state index in [-0.39, 0.29) is 5.92 Å². The first-order chi connectivity index (χ1) is 3.43. The Morgan fingerprint density at radius 1 is 1.86 bits per heavy atom. The summed E-state index contributed by atoms with van der Waals surface area (Å²) in [5.74, 6) is 0.0556. The van der Waals surface area contributed by atoms with Crippen LogP contribution in [0.4, 0.5) is 0 Å². The summed E-state index contributed by atoms with van der Waals surface area (Å²) in [4.78, 5) is 0. The molecular weight excluding hydrogens is 88.1 g/mol. The zero-order chi connectivity index (χ0) is 5.11. The molecule has 0 spiro atoms. The van der Waals surface area contributed by atoms with Gasteiger partial charge in [-0.05, 0) is 6.08 Å². The Balaban J connectivity index is 2.47. The van der Waals surface area contributed by atoms with Gasteiger partial charge in [-0.3, -0.25) is 5.32 Å². The largest absolute Gasteiger partial charge is 0.292 e. The van der Waals surface area contributed by atoms with Gasteiger partial charge in [-0.15, -0.1) is 0 Å². The molecule has 0 bridgehead atoms. The van der Waals surface area contributed by atoms with Crippen LogP contribution in [-0.4, -0.2) is 6.54 Å². The Morgan fingerprint density at radius 2 is 2.71 bits per heavy atom. The Hall–Kier alpha value is -0.970. The van der Waals surface area contributed by atoms with Crippen molar-refractivity contribution in [3.05, 3.63) is 12.3 Å². The minimum absolute atomic E-state index is 0.0556. The van der Waals surface area contributed by atoms with Crippen molar-refractivity contribution in [1.82, 2.24) is 5.32 Å². The molecule has 1 unspecified atom stereocenters. The molecule has 1 rings (SSSR count). The van der Waals surface area contributed by atoms with Crippen LogP contribution in [0.1, 0.15) is 0 Å². The second kappa shape index (κ2) is 1.65. The number of hydrogen-bond acceptors (Lipinski definition) is 1. The molecule has 1 atom stereocenters. The van der Waals surface area contributed by atoms with Crippen molar-refractivity contribution in [2.75, 3.05) is 6.54 Å². The van der Waals surface area contributed by atoms with E-state index in [4.69, 9.17) is 5.26 Å². The van der Waals surface area contributed by atoms with Gasteiger partial charge in [0.25, 0.3) is 0 Å². The maximum atomic E-state index is 8.20. The highest BCUT2D eigenvalue weighted by molar-refractivity contribution is 5.05. The average molecular weight is 93.1 g/mol. The maximum absolute atomic E-state index is 8.20. The van der Waals surface area contributed by atoms with E-state index in [1.54, 1.807) is 12.3 Å². The van der Waals surface area contributed by atoms with E-state index in [0.717, 1.165) is 0 Å². The molecule has 1 heterocycles. The first kappa shape index (κ1) is 4.20. The van der Waals surface area contributed by atoms with Crippen LogP contribution in [0.15, 0.2) is 12.3 Å². The minimum atomic E-state index is 0.0556. The van der Waals surface area contributed by atoms with Crippen molar-refractivity contribution < 1.29 is 0 Å². The van der Waals surface area contributed by atoms with Gasteiger partial charge in [0.2, 0.25) is 0 Å². The first-order valence-electron chi connectivity index (χ1n) is 2.16. The third-order valence-electron chi connectivity index (χ3n) is 0.892. The molecule has 35 valence electrons. The molecule has 0 aliphatic carbocycles. The Kier molecular flexibility index (Phi) is 0.991. The fraction of sp³-hybridized carbons (Fsp3) is 0.400. The van der Waals surface area contributed by atoms with Crippen LogP contribution in [0, 0.1) is 17.2 Å². The fourth-order valence-electron chi connectivity index (χ4n) is 0.484. The third kappa shape index (κ3) is 0.716. The van der Waals surface area contributed by atoms with Crippen LogP contribution in [0.5, 0.6) is 0 Å². The minimum Gasteiger partial charge on any atom is -0.292 e. The summed E-state index contributed by atoms with van der Waals surface area (Å²) in [6.45, 7) is 0.663. The summed E-state index contributed by atoms with van der Waals surface area (Å²) >= 11 is 0. The van der Waals surface area contributed by atoms with E-state index in [1.807, 2.05) is 0 Å². The van der Waals surface area contributed by atoms with Gasteiger partial charge in [0.05, 0.1) is 18.5 Å². The highest BCUT2D eigenvalue weighted by atomic mass is 14.9. The molecule has 0 fully saturated rings. The van der Waals surface area contributed by atoms with E-state index in [9.17, 15) is 0 Å². The van der Waals surface area contributed by atoms with Crippen molar-refractivity contribution >= 4 is 0 Å². The van der Waals surface area contributed by atoms with Gasteiger partial charge in [0.1, 0.15) is 0 Å². The highest BCUT2D eigenvalue weighted by Crippen LogP contribution is 2.00. The van der Waals surface area contributed by atoms with Gasteiger partial charge in [-0.25, -0.2) is 0 Å². The van der Waals surface area contributed by atoms with Gasteiger partial charge < -0.3 is 0 Å². The fourth-order valence-corrected chi connectivity index (χ4v) is 0.484. The van der Waals surface area contributed by atoms with E-state index >= 15 is 0 Å². The summed E-state index contributed by atoms with van der Waals surface area (Å²) in [5, 5.41) is 12.0. The Labute approximate surface area is 42.4 Å². The van der Waals surface area contributed by atoms with Crippen molar-refractivity contribution in [3.8, 4) is 6.07 Å². The SMILES string of the molecule is N#CC1C=C[N]C1. The molecule has 2 nitrogen and oxygen atoms in total. The van der Waals surface area contributed by atoms with E-state index in [1.165, 1.54) is 0 Å². The molecular formula is C5H5N2. The number of nitrogens with zero attached hydrogens (tertiary/aromatic N) is 2. The summed E-state index contributed by atoms with van der Waals surface area (Å²) in [6.07, 6.45) is 3.49. The lowest BCUT2D eigenvalue weighted by Gasteiger charge is -1.85. The summed E-state index contributed by atoms with van der Waals surface area (Å²) < 4.78 is 0. The molecule has 1 aliphatic heterocycles. The zero-order valence-electron chi connectivity index (χ0n) is 3.83. The van der Waals surface area contributed by atoms with Crippen LogP contribution in [0.3, 0.4) is 0 Å². The third-order valence-corrected chi connectivity index (χ3v) is 0.892. The predicted molar refractivity (Wildman–Crippen MR) is 25.2 cm³/mol. The van der Waals surface area contributed by atoms with Crippen LogP contribution < -0.4 is 5.32 Å². The molecule has 0 saturated carbocycles. The standard InChI is InChI=1S/C5H5N2/c6-3-5-1-2-7-4-5/h1-2,5H,4H2. The smallest absolute Gasteiger partial charge is 0.0856 e. The van der Waals surface area contributed by atoms with Crippen molar-refractivity contribution in [3.63, 3.8) is 0 Å². The van der Waals surface area contributed by atoms with Crippen LogP contribution in [0.2, 0.25) is 0 Å². The van der Waals surface area contributed by atoms with E-state index < -0.39 is 0 Å². The molecule has 0 aromatic heterocycles. The topological polar surface area (TPSA) is 37.9 Å².